The molecule has 20 heavy (non-hydrogen) atoms. The lowest BCUT2D eigenvalue weighted by Crippen LogP contribution is -2.19. The molecule has 0 spiro atoms. The summed E-state index contributed by atoms with van der Waals surface area (Å²) < 4.78 is 7.15. The number of hydrogen-bond acceptors (Lipinski definition) is 2. The van der Waals surface area contributed by atoms with Crippen molar-refractivity contribution in [2.24, 2.45) is 0 Å². The Kier molecular flexibility index (Phi) is 5.77. The first kappa shape index (κ1) is 15.2. The van der Waals surface area contributed by atoms with E-state index in [1.54, 1.807) is 0 Å². The van der Waals surface area contributed by atoms with E-state index in [0.717, 1.165) is 11.0 Å². The highest BCUT2D eigenvalue weighted by molar-refractivity contribution is 9.10. The van der Waals surface area contributed by atoms with Crippen LogP contribution in [0.5, 0.6) is 0 Å². The number of benzene rings is 2. The van der Waals surface area contributed by atoms with Gasteiger partial charge in [-0.05, 0) is 37.2 Å². The minimum atomic E-state index is 0.0734. The molecule has 106 valence electrons. The molecule has 0 saturated carbocycles. The molecule has 0 aliphatic carbocycles. The van der Waals surface area contributed by atoms with Crippen LogP contribution in [0.4, 0.5) is 0 Å². The third-order valence-electron chi connectivity index (χ3n) is 3.20. The van der Waals surface area contributed by atoms with Crippen LogP contribution in [-0.2, 0) is 11.3 Å². The molecule has 1 unspecified atom stereocenters. The van der Waals surface area contributed by atoms with Gasteiger partial charge >= 0.3 is 0 Å². The van der Waals surface area contributed by atoms with Gasteiger partial charge in [-0.2, -0.15) is 0 Å². The summed E-state index contributed by atoms with van der Waals surface area (Å²) in [6.07, 6.45) is 0.0734. The monoisotopic (exact) mass is 333 g/mol. The van der Waals surface area contributed by atoms with Gasteiger partial charge in [-0.1, -0.05) is 57.9 Å². The van der Waals surface area contributed by atoms with Crippen molar-refractivity contribution in [3.05, 3.63) is 69.7 Å². The highest BCUT2D eigenvalue weighted by atomic mass is 79.9. The predicted molar refractivity (Wildman–Crippen MR) is 86.8 cm³/mol. The molecule has 0 heterocycles. The van der Waals surface area contributed by atoms with Crippen molar-refractivity contribution in [2.75, 3.05) is 13.6 Å². The normalized spacial score (nSPS) is 12.3. The highest BCUT2D eigenvalue weighted by Crippen LogP contribution is 2.20. The third kappa shape index (κ3) is 4.44. The van der Waals surface area contributed by atoms with Gasteiger partial charge in [0.25, 0.3) is 0 Å². The molecule has 0 aliphatic heterocycles. The minimum Gasteiger partial charge on any atom is -0.368 e. The van der Waals surface area contributed by atoms with E-state index in [1.165, 1.54) is 16.7 Å². The van der Waals surface area contributed by atoms with Crippen LogP contribution in [0.1, 0.15) is 22.8 Å². The summed E-state index contributed by atoms with van der Waals surface area (Å²) in [6.45, 7) is 3.52. The second-order valence-electron chi connectivity index (χ2n) is 4.89. The molecule has 2 nitrogen and oxygen atoms in total. The van der Waals surface area contributed by atoms with Gasteiger partial charge in [0.2, 0.25) is 0 Å². The number of rotatable bonds is 6. The average molecular weight is 334 g/mol. The third-order valence-corrected chi connectivity index (χ3v) is 3.73. The molecule has 1 N–H and O–H groups in total. The van der Waals surface area contributed by atoms with Gasteiger partial charge in [0, 0.05) is 11.0 Å². The predicted octanol–water partition coefficient (Wildman–Crippen LogP) is 4.23. The lowest BCUT2D eigenvalue weighted by atomic mass is 10.1. The van der Waals surface area contributed by atoms with Crippen LogP contribution < -0.4 is 5.32 Å². The van der Waals surface area contributed by atoms with E-state index in [4.69, 9.17) is 4.74 Å². The van der Waals surface area contributed by atoms with Crippen LogP contribution in [0.25, 0.3) is 0 Å². The Bertz CT molecular complexity index is 522. The van der Waals surface area contributed by atoms with Crippen molar-refractivity contribution >= 4 is 15.9 Å². The van der Waals surface area contributed by atoms with Crippen molar-refractivity contribution in [3.63, 3.8) is 0 Å². The molecule has 0 aliphatic rings. The van der Waals surface area contributed by atoms with Crippen molar-refractivity contribution in [3.8, 4) is 0 Å². The number of ether oxygens (including phenoxy) is 1. The fraction of sp³-hybridized carbons (Fsp3) is 0.294. The van der Waals surface area contributed by atoms with Gasteiger partial charge < -0.3 is 10.1 Å². The van der Waals surface area contributed by atoms with Gasteiger partial charge in [0.15, 0.2) is 0 Å². The molecule has 2 aromatic carbocycles. The second kappa shape index (κ2) is 7.58. The summed E-state index contributed by atoms with van der Waals surface area (Å²) in [7, 11) is 1.95. The molecule has 0 amide bonds. The van der Waals surface area contributed by atoms with Crippen molar-refractivity contribution in [1.29, 1.82) is 0 Å². The van der Waals surface area contributed by atoms with Crippen LogP contribution in [-0.4, -0.2) is 13.6 Å². The Morgan fingerprint density at radius 2 is 1.70 bits per heavy atom. The quantitative estimate of drug-likeness (QED) is 0.853. The molecule has 2 rings (SSSR count). The van der Waals surface area contributed by atoms with E-state index < -0.39 is 0 Å². The van der Waals surface area contributed by atoms with Gasteiger partial charge in [0.1, 0.15) is 0 Å². The van der Waals surface area contributed by atoms with E-state index >= 15 is 0 Å². The largest absolute Gasteiger partial charge is 0.368 e. The van der Waals surface area contributed by atoms with Crippen molar-refractivity contribution < 1.29 is 4.74 Å². The maximum atomic E-state index is 6.06. The molecule has 2 aromatic rings. The van der Waals surface area contributed by atoms with Crippen LogP contribution in [0.2, 0.25) is 0 Å². The zero-order chi connectivity index (χ0) is 14.4. The second-order valence-corrected chi connectivity index (χ2v) is 5.81. The Morgan fingerprint density at radius 1 is 1.05 bits per heavy atom. The molecular weight excluding hydrogens is 314 g/mol. The van der Waals surface area contributed by atoms with Gasteiger partial charge in [-0.3, -0.25) is 0 Å². The van der Waals surface area contributed by atoms with Gasteiger partial charge in [0.05, 0.1) is 12.7 Å². The zero-order valence-corrected chi connectivity index (χ0v) is 13.5. The first-order valence-corrected chi connectivity index (χ1v) is 7.55. The molecule has 0 aromatic heterocycles. The lowest BCUT2D eigenvalue weighted by Gasteiger charge is -2.18. The fourth-order valence-electron chi connectivity index (χ4n) is 2.02. The number of aryl methyl sites for hydroxylation is 1. The number of halogens is 1. The maximum absolute atomic E-state index is 6.06. The highest BCUT2D eigenvalue weighted by Gasteiger charge is 2.11. The van der Waals surface area contributed by atoms with Crippen LogP contribution >= 0.6 is 15.9 Å². The Balaban J connectivity index is 2.02. The van der Waals surface area contributed by atoms with E-state index in [2.05, 4.69) is 64.6 Å². The van der Waals surface area contributed by atoms with Crippen LogP contribution in [0.3, 0.4) is 0 Å². The van der Waals surface area contributed by atoms with Crippen LogP contribution in [0.15, 0.2) is 53.0 Å². The first-order chi connectivity index (χ1) is 9.69. The zero-order valence-electron chi connectivity index (χ0n) is 11.9. The van der Waals surface area contributed by atoms with Gasteiger partial charge in [-0.15, -0.1) is 0 Å². The topological polar surface area (TPSA) is 21.3 Å². The maximum Gasteiger partial charge on any atom is 0.0953 e. The first-order valence-electron chi connectivity index (χ1n) is 6.76. The lowest BCUT2D eigenvalue weighted by molar-refractivity contribution is 0.0410. The molecule has 0 radical (unpaired) electrons. The Hall–Kier alpha value is -1.16. The summed E-state index contributed by atoms with van der Waals surface area (Å²) in [5.41, 5.74) is 3.66. The molecule has 3 heteroatoms. The van der Waals surface area contributed by atoms with Gasteiger partial charge in [-0.25, -0.2) is 0 Å². The number of likely N-dealkylation sites (N-methyl/N-ethyl adjacent to an activating group) is 1. The van der Waals surface area contributed by atoms with E-state index in [0.29, 0.717) is 6.61 Å². The van der Waals surface area contributed by atoms with Crippen molar-refractivity contribution in [1.82, 2.24) is 5.32 Å². The van der Waals surface area contributed by atoms with Crippen LogP contribution in [0, 0.1) is 6.92 Å². The summed E-state index contributed by atoms with van der Waals surface area (Å²) in [6, 6.07) is 16.8. The smallest absolute Gasteiger partial charge is 0.0953 e. The van der Waals surface area contributed by atoms with E-state index in [9.17, 15) is 0 Å². The molecular formula is C17H20BrNO. The number of hydrogen-bond donors (Lipinski definition) is 1. The summed E-state index contributed by atoms with van der Waals surface area (Å²) in [5, 5.41) is 3.19. The van der Waals surface area contributed by atoms with Crippen molar-refractivity contribution in [2.45, 2.75) is 19.6 Å². The summed E-state index contributed by atoms with van der Waals surface area (Å²) >= 11 is 3.44. The fourth-order valence-corrected chi connectivity index (χ4v) is 2.28. The molecule has 0 bridgehead atoms. The van der Waals surface area contributed by atoms with E-state index in [1.807, 2.05) is 19.2 Å². The molecule has 0 saturated heterocycles. The Labute approximate surface area is 129 Å². The minimum absolute atomic E-state index is 0.0734. The number of nitrogens with one attached hydrogen (secondary N) is 1. The van der Waals surface area contributed by atoms with E-state index in [-0.39, 0.29) is 6.10 Å². The summed E-state index contributed by atoms with van der Waals surface area (Å²) in [5.74, 6) is 0. The SMILES string of the molecule is CNCC(OCc1ccc(Br)cc1)c1ccc(C)cc1. The standard InChI is InChI=1S/C17H20BrNO/c1-13-3-7-15(8-4-13)17(11-19-2)20-12-14-5-9-16(18)10-6-14/h3-10,17,19H,11-12H2,1-2H3. The molecule has 0 fully saturated rings. The average Bonchev–Trinajstić information content (AvgIpc) is 2.46. The molecule has 1 atom stereocenters. The summed E-state index contributed by atoms with van der Waals surface area (Å²) in [4.78, 5) is 0. The Morgan fingerprint density at radius 3 is 2.30 bits per heavy atom.